The fraction of sp³-hybridized carbons (Fsp3) is 0.455. The highest BCUT2D eigenvalue weighted by molar-refractivity contribution is 7.99. The number of esters is 1. The summed E-state index contributed by atoms with van der Waals surface area (Å²) in [6.45, 7) is 4.70. The third-order valence-electron chi connectivity index (χ3n) is 8.48. The maximum absolute atomic E-state index is 14.0. The minimum Gasteiger partial charge on any atom is -0.427 e. The molecule has 42 heavy (non-hydrogen) atoms. The molecule has 8 nitrogen and oxygen atoms in total. The first-order valence-electron chi connectivity index (χ1n) is 15.2. The van der Waals surface area contributed by atoms with Gasteiger partial charge < -0.3 is 9.64 Å². The van der Waals surface area contributed by atoms with Crippen molar-refractivity contribution in [2.45, 2.75) is 75.4 Å². The summed E-state index contributed by atoms with van der Waals surface area (Å²) >= 11 is 1.74. The third-order valence-corrected chi connectivity index (χ3v) is 9.77. The predicted molar refractivity (Wildman–Crippen MR) is 163 cm³/mol. The van der Waals surface area contributed by atoms with Gasteiger partial charge in [0.25, 0.3) is 5.56 Å². The summed E-state index contributed by atoms with van der Waals surface area (Å²) in [7, 11) is 0. The monoisotopic (exact) mass is 586 g/mol. The Morgan fingerprint density at radius 1 is 1.02 bits per heavy atom. The predicted octanol–water partition coefficient (Wildman–Crippen LogP) is 4.99. The van der Waals surface area contributed by atoms with Crippen LogP contribution in [-0.2, 0) is 29.1 Å². The molecule has 220 valence electrons. The van der Waals surface area contributed by atoms with E-state index in [1.807, 2.05) is 53.4 Å². The van der Waals surface area contributed by atoms with Crippen molar-refractivity contribution in [3.05, 3.63) is 81.8 Å². The highest BCUT2D eigenvalue weighted by atomic mass is 32.2. The molecule has 1 amide bonds. The lowest BCUT2D eigenvalue weighted by Gasteiger charge is -2.41. The van der Waals surface area contributed by atoms with E-state index in [0.29, 0.717) is 62.1 Å². The van der Waals surface area contributed by atoms with Gasteiger partial charge >= 0.3 is 5.97 Å². The van der Waals surface area contributed by atoms with Crippen LogP contribution in [0.4, 0.5) is 0 Å². The molecule has 2 aliphatic heterocycles. The van der Waals surface area contributed by atoms with Gasteiger partial charge in [-0.3, -0.25) is 23.9 Å². The topological polar surface area (TPSA) is 84.7 Å². The Morgan fingerprint density at radius 2 is 1.81 bits per heavy atom. The van der Waals surface area contributed by atoms with E-state index in [-0.39, 0.29) is 23.4 Å². The van der Waals surface area contributed by atoms with E-state index >= 15 is 0 Å². The van der Waals surface area contributed by atoms with E-state index in [2.05, 4.69) is 4.90 Å². The molecule has 0 spiro atoms. The van der Waals surface area contributed by atoms with Crippen molar-refractivity contribution in [3.63, 3.8) is 0 Å². The zero-order chi connectivity index (χ0) is 29.1. The number of likely N-dealkylation sites (tertiary alicyclic amines) is 1. The standard InChI is InChI=1S/C33H38N4O4S/c1-2-30(38)41-26-13-9-10-23(18-26)19-35-20-24(21-35)31(39)36-17-16-29-28(22-36)32(40)37(25-11-5-3-6-12-25)33(34-29)42-27-14-7-4-8-15-27/h3,5-6,9-13,18,24,27H,2,4,7-8,14-17,19-22H2,1H3. The first-order chi connectivity index (χ1) is 20.5. The summed E-state index contributed by atoms with van der Waals surface area (Å²) in [4.78, 5) is 48.3. The van der Waals surface area contributed by atoms with E-state index in [0.717, 1.165) is 34.9 Å². The largest absolute Gasteiger partial charge is 0.427 e. The van der Waals surface area contributed by atoms with Crippen molar-refractivity contribution in [3.8, 4) is 11.4 Å². The molecule has 0 unspecified atom stereocenters. The lowest BCUT2D eigenvalue weighted by molar-refractivity contribution is -0.142. The second-order valence-corrected chi connectivity index (χ2v) is 12.8. The molecule has 1 saturated carbocycles. The number of nitrogens with zero attached hydrogens (tertiary/aromatic N) is 4. The molecule has 0 atom stereocenters. The normalized spacial score (nSPS) is 17.9. The molecule has 0 radical (unpaired) electrons. The first-order valence-corrected chi connectivity index (χ1v) is 16.0. The lowest BCUT2D eigenvalue weighted by Crippen LogP contribution is -2.55. The van der Waals surface area contributed by atoms with Crippen molar-refractivity contribution in [2.75, 3.05) is 19.6 Å². The minimum absolute atomic E-state index is 0.0547. The zero-order valence-corrected chi connectivity index (χ0v) is 25.0. The number of benzene rings is 2. The number of ether oxygens (including phenoxy) is 1. The van der Waals surface area contributed by atoms with Crippen molar-refractivity contribution in [1.82, 2.24) is 19.4 Å². The second kappa shape index (κ2) is 12.8. The molecule has 1 saturated heterocycles. The van der Waals surface area contributed by atoms with Crippen LogP contribution in [0.2, 0.25) is 0 Å². The lowest BCUT2D eigenvalue weighted by atomic mass is 9.96. The average Bonchev–Trinajstić information content (AvgIpc) is 2.99. The minimum atomic E-state index is -0.255. The summed E-state index contributed by atoms with van der Waals surface area (Å²) < 4.78 is 7.11. The number of fused-ring (bicyclic) bond motifs is 1. The Bertz CT molecular complexity index is 1500. The van der Waals surface area contributed by atoms with E-state index in [9.17, 15) is 14.4 Å². The van der Waals surface area contributed by atoms with Gasteiger partial charge in [-0.15, -0.1) is 0 Å². The van der Waals surface area contributed by atoms with Crippen LogP contribution in [0.5, 0.6) is 5.75 Å². The van der Waals surface area contributed by atoms with E-state index in [1.165, 1.54) is 19.3 Å². The Kier molecular flexibility index (Phi) is 8.76. The van der Waals surface area contributed by atoms with Crippen molar-refractivity contribution in [2.24, 2.45) is 5.92 Å². The van der Waals surface area contributed by atoms with Gasteiger partial charge in [-0.25, -0.2) is 4.98 Å². The quantitative estimate of drug-likeness (QED) is 0.209. The molecule has 2 aromatic carbocycles. The van der Waals surface area contributed by atoms with Crippen LogP contribution in [0.15, 0.2) is 64.5 Å². The van der Waals surface area contributed by atoms with E-state index in [1.54, 1.807) is 29.3 Å². The molecule has 3 aromatic rings. The number of thioether (sulfide) groups is 1. The molecule has 1 aliphatic carbocycles. The smallest absolute Gasteiger partial charge is 0.310 e. The molecule has 2 fully saturated rings. The SMILES string of the molecule is CCC(=O)Oc1cccc(CN2CC(C(=O)N3CCc4nc(SC5CCCCC5)n(-c5ccccc5)c(=O)c4C3)C2)c1. The average molecular weight is 587 g/mol. The molecule has 3 heterocycles. The van der Waals surface area contributed by atoms with Crippen LogP contribution in [0.25, 0.3) is 5.69 Å². The third kappa shape index (κ3) is 6.32. The highest BCUT2D eigenvalue weighted by Gasteiger charge is 2.37. The molecule has 0 bridgehead atoms. The van der Waals surface area contributed by atoms with Crippen LogP contribution in [-0.4, -0.2) is 56.1 Å². The Labute approximate surface area is 251 Å². The molecule has 1 aromatic heterocycles. The number of carbonyl (C=O) groups is 2. The molecular weight excluding hydrogens is 548 g/mol. The van der Waals surface area contributed by atoms with Gasteiger partial charge in [0.2, 0.25) is 5.91 Å². The fourth-order valence-electron chi connectivity index (χ4n) is 6.14. The maximum atomic E-state index is 14.0. The van der Waals surface area contributed by atoms with Crippen molar-refractivity contribution in [1.29, 1.82) is 0 Å². The molecule has 3 aliphatic rings. The number of carbonyl (C=O) groups excluding carboxylic acids is 2. The van der Waals surface area contributed by atoms with E-state index < -0.39 is 0 Å². The summed E-state index contributed by atoms with van der Waals surface area (Å²) in [5.41, 5.74) is 3.29. The number of para-hydroxylation sites is 1. The van der Waals surface area contributed by atoms with Gasteiger partial charge in [0.05, 0.1) is 29.4 Å². The van der Waals surface area contributed by atoms with Crippen molar-refractivity contribution >= 4 is 23.6 Å². The first kappa shape index (κ1) is 28.7. The molecular formula is C33H38N4O4S. The Balaban J connectivity index is 1.13. The van der Waals surface area contributed by atoms with Crippen LogP contribution in [0.3, 0.4) is 0 Å². The Morgan fingerprint density at radius 3 is 2.57 bits per heavy atom. The Hall–Kier alpha value is -3.43. The molecule has 9 heteroatoms. The van der Waals surface area contributed by atoms with Gasteiger partial charge in [-0.1, -0.05) is 68.3 Å². The summed E-state index contributed by atoms with van der Waals surface area (Å²) in [5, 5.41) is 1.26. The van der Waals surface area contributed by atoms with Crippen LogP contribution >= 0.6 is 11.8 Å². The molecule has 6 rings (SSSR count). The number of hydrogen-bond donors (Lipinski definition) is 0. The van der Waals surface area contributed by atoms with Crippen LogP contribution < -0.4 is 10.3 Å². The van der Waals surface area contributed by atoms with Gasteiger partial charge in [0.15, 0.2) is 5.16 Å². The molecule has 0 N–H and O–H groups in total. The number of rotatable bonds is 8. The van der Waals surface area contributed by atoms with Crippen LogP contribution in [0.1, 0.15) is 62.3 Å². The summed E-state index contributed by atoms with van der Waals surface area (Å²) in [6.07, 6.45) is 6.99. The number of amides is 1. The van der Waals surface area contributed by atoms with Gasteiger partial charge in [0, 0.05) is 44.3 Å². The zero-order valence-electron chi connectivity index (χ0n) is 24.2. The van der Waals surface area contributed by atoms with Gasteiger partial charge in [-0.2, -0.15) is 0 Å². The fourth-order valence-corrected chi connectivity index (χ4v) is 7.46. The van der Waals surface area contributed by atoms with Gasteiger partial charge in [0.1, 0.15) is 5.75 Å². The van der Waals surface area contributed by atoms with Gasteiger partial charge in [-0.05, 0) is 42.7 Å². The summed E-state index contributed by atoms with van der Waals surface area (Å²) in [5.74, 6) is 0.316. The maximum Gasteiger partial charge on any atom is 0.310 e. The number of hydrogen-bond acceptors (Lipinski definition) is 7. The highest BCUT2D eigenvalue weighted by Crippen LogP contribution is 2.34. The summed E-state index contributed by atoms with van der Waals surface area (Å²) in [6, 6.07) is 17.3. The second-order valence-electron chi connectivity index (χ2n) is 11.5. The van der Waals surface area contributed by atoms with E-state index in [4.69, 9.17) is 9.72 Å². The van der Waals surface area contributed by atoms with Crippen LogP contribution in [0, 0.1) is 5.92 Å². The van der Waals surface area contributed by atoms with Crippen molar-refractivity contribution < 1.29 is 14.3 Å². The number of aromatic nitrogens is 2.